The Labute approximate surface area is 718 Å². The maximum atomic E-state index is 12.2. The number of benzene rings is 17. The average molecular weight is 1560 g/mol. The summed E-state index contributed by atoms with van der Waals surface area (Å²) in [5, 5.41) is 3.56. The van der Waals surface area contributed by atoms with Crippen LogP contribution in [-0.4, -0.2) is 15.8 Å². The number of nitrogens with zero attached hydrogens (tertiary/aromatic N) is 6. The van der Waals surface area contributed by atoms with Crippen LogP contribution in [0.15, 0.2) is 400 Å². The molecule has 2 aliphatic rings. The van der Waals surface area contributed by atoms with Gasteiger partial charge >= 0.3 is 0 Å². The number of para-hydroxylation sites is 7. The van der Waals surface area contributed by atoms with E-state index >= 15 is 0 Å². The molecule has 0 saturated heterocycles. The molecule has 6 nitrogen and oxygen atoms in total. The summed E-state index contributed by atoms with van der Waals surface area (Å²) in [6, 6.07) is 126. The normalized spacial score (nSPS) is 13.3. The van der Waals surface area contributed by atoms with Crippen LogP contribution in [0.5, 0.6) is 0 Å². The van der Waals surface area contributed by atoms with Gasteiger partial charge in [0.25, 0.3) is 6.71 Å². The third kappa shape index (κ3) is 12.7. The summed E-state index contributed by atoms with van der Waals surface area (Å²) in [5.74, 6) is 0. The van der Waals surface area contributed by atoms with Gasteiger partial charge in [-0.25, -0.2) is 0 Å². The zero-order valence-corrected chi connectivity index (χ0v) is 69.4. The summed E-state index contributed by atoms with van der Waals surface area (Å²) < 4.78 is 75.0. The Hall–Kier alpha value is -14.4. The summed E-state index contributed by atoms with van der Waals surface area (Å²) >= 11 is 0. The summed E-state index contributed by atoms with van der Waals surface area (Å²) in [5.41, 5.74) is 22.4. The van der Waals surface area contributed by atoms with Gasteiger partial charge in [0.2, 0.25) is 0 Å². The molecule has 0 saturated carbocycles. The van der Waals surface area contributed by atoms with Crippen LogP contribution in [-0.2, 0) is 16.2 Å². The van der Waals surface area contributed by atoms with Gasteiger partial charge in [0.15, 0.2) is 0 Å². The molecule has 0 fully saturated rings. The van der Waals surface area contributed by atoms with Gasteiger partial charge in [0, 0.05) is 106 Å². The standard InChI is InChI=1S/C114H93BN6/c1-112(2,3)80-67-93(76-39-18-10-19-40-76)109(94(68-80)77-41-20-11-21-42-77)120-104-74-88(118-100-58-36-35-56-91(100)97-73-87(63-66-102(97)118)116(83-47-26-14-27-48-83)84-49-28-15-29-50-84)61-64-98(104)115-99-65-62-89(119-101-59-37-34-55-90(101)92-57-38-60-103(111(92)119)117(85-51-30-16-31-52-85)86-53-32-17-33-54-86)75-105(99)121(107-72-82(114(7,8)9)71-106(120)108(107)115)110-95(78-43-22-12-23-44-78)69-81(113(4,5)6)70-96(110)79-45-24-13-25-46-79/h10-75H,1-9H3/i61D,62D,64D,65D,74D,75D. The molecule has 0 amide bonds. The highest BCUT2D eigenvalue weighted by atomic mass is 15.2. The summed E-state index contributed by atoms with van der Waals surface area (Å²) in [4.78, 5) is 9.08. The van der Waals surface area contributed by atoms with Crippen molar-refractivity contribution in [3.05, 3.63) is 417 Å². The largest absolute Gasteiger partial charge is 0.310 e. The molecular weight excluding hydrogens is 1460 g/mol. The summed E-state index contributed by atoms with van der Waals surface area (Å²) in [6.45, 7) is 19.1. The molecule has 0 aliphatic carbocycles. The van der Waals surface area contributed by atoms with Crippen LogP contribution < -0.4 is 36.0 Å². The fourth-order valence-corrected chi connectivity index (χ4v) is 18.6. The highest BCUT2D eigenvalue weighted by Gasteiger charge is 2.47. The highest BCUT2D eigenvalue weighted by Crippen LogP contribution is 2.57. The Morgan fingerprint density at radius 2 is 0.603 bits per heavy atom. The molecule has 19 aromatic rings. The number of rotatable bonds is 14. The zero-order chi connectivity index (χ0) is 87.2. The molecule has 0 spiro atoms. The average Bonchev–Trinajstić information content (AvgIpc) is 1.39. The maximum Gasteiger partial charge on any atom is 0.252 e. The van der Waals surface area contributed by atoms with Crippen LogP contribution in [0.2, 0.25) is 0 Å². The molecule has 0 atom stereocenters. The fraction of sp³-hybridized carbons (Fsp3) is 0.105. The van der Waals surface area contributed by atoms with Crippen molar-refractivity contribution >= 4 is 135 Å². The Morgan fingerprint density at radius 3 is 1.01 bits per heavy atom. The van der Waals surface area contributed by atoms with E-state index in [-0.39, 0.29) is 47.6 Å². The number of hydrogen-bond acceptors (Lipinski definition) is 4. The van der Waals surface area contributed by atoms with E-state index in [0.717, 1.165) is 150 Å². The predicted octanol–water partition coefficient (Wildman–Crippen LogP) is 29.5. The lowest BCUT2D eigenvalue weighted by atomic mass is 9.33. The third-order valence-electron chi connectivity index (χ3n) is 24.5. The highest BCUT2D eigenvalue weighted by molar-refractivity contribution is 7.00. The molecule has 0 radical (unpaired) electrons. The van der Waals surface area contributed by atoms with Crippen LogP contribution in [0.1, 0.15) is 87.2 Å². The minimum atomic E-state index is -1.20. The monoisotopic (exact) mass is 1560 g/mol. The Bertz CT molecular complexity index is 7360. The minimum absolute atomic E-state index is 0.0248. The second-order valence-corrected chi connectivity index (χ2v) is 35.2. The molecule has 121 heavy (non-hydrogen) atoms. The Balaban J connectivity index is 0.966. The van der Waals surface area contributed by atoms with Gasteiger partial charge in [-0.15, -0.1) is 0 Å². The first-order chi connectivity index (χ1) is 61.5. The van der Waals surface area contributed by atoms with Crippen molar-refractivity contribution in [2.75, 3.05) is 19.6 Å². The summed E-state index contributed by atoms with van der Waals surface area (Å²) in [6.07, 6.45) is 0. The van der Waals surface area contributed by atoms with Gasteiger partial charge in [0.1, 0.15) is 0 Å². The maximum absolute atomic E-state index is 12.2. The molecule has 7 heteroatoms. The predicted molar refractivity (Wildman–Crippen MR) is 516 cm³/mol. The Kier molecular flexibility index (Phi) is 16.4. The van der Waals surface area contributed by atoms with Crippen molar-refractivity contribution in [2.24, 2.45) is 0 Å². The van der Waals surface area contributed by atoms with Gasteiger partial charge in [0.05, 0.1) is 47.4 Å². The summed E-state index contributed by atoms with van der Waals surface area (Å²) in [7, 11) is 0. The van der Waals surface area contributed by atoms with Crippen LogP contribution in [0.4, 0.5) is 68.2 Å². The number of fused-ring (bicyclic) bond motifs is 10. The lowest BCUT2D eigenvalue weighted by molar-refractivity contribution is 0.590. The van der Waals surface area contributed by atoms with Crippen LogP contribution in [0, 0.1) is 0 Å². The van der Waals surface area contributed by atoms with Crippen LogP contribution in [0.25, 0.3) is 99.5 Å². The number of hydrogen-bond donors (Lipinski definition) is 0. The lowest BCUT2D eigenvalue weighted by Gasteiger charge is -2.47. The van der Waals surface area contributed by atoms with Crippen molar-refractivity contribution in [1.82, 2.24) is 9.13 Å². The van der Waals surface area contributed by atoms with Gasteiger partial charge in [-0.1, -0.05) is 317 Å². The van der Waals surface area contributed by atoms with Gasteiger partial charge < -0.3 is 28.7 Å². The number of anilines is 12. The first kappa shape index (κ1) is 67.6. The zero-order valence-electron chi connectivity index (χ0n) is 75.4. The first-order valence-electron chi connectivity index (χ1n) is 45.0. The molecular formula is C114H93BN6. The fourth-order valence-electron chi connectivity index (χ4n) is 18.6. The van der Waals surface area contributed by atoms with Gasteiger partial charge in [-0.05, 0) is 217 Å². The van der Waals surface area contributed by atoms with Gasteiger partial charge in [-0.3, -0.25) is 0 Å². The number of aromatic nitrogens is 2. The molecule has 0 bridgehead atoms. The SMILES string of the molecule is [2H]c1c([2H])c(-n2c3ccccc3c3cc(N(c4ccccc4)c4ccccc4)ccc32)c([2H])c2c1B1c3c(cc(C(C)(C)C)cc3N(c3c(-c4ccccc4)cc(C(C)(C)C)cc3-c3ccccc3)c3c([2H])c(-n4c5ccccc5c5cccc(N(c6ccccc6)c6ccccc6)c54)c([2H])c([2H])c31)N2c1c(-c2ccccc2)cc(C(C)(C)C)cc1-c1ccccc1. The van der Waals surface area contributed by atoms with E-state index in [0.29, 0.717) is 39.1 Å². The molecule has 0 unspecified atom stereocenters. The van der Waals surface area contributed by atoms with E-state index in [2.05, 4.69) is 353 Å². The van der Waals surface area contributed by atoms with Crippen molar-refractivity contribution in [2.45, 2.75) is 78.6 Å². The second kappa shape index (κ2) is 29.3. The lowest BCUT2D eigenvalue weighted by Crippen LogP contribution is -2.61. The van der Waals surface area contributed by atoms with E-state index < -0.39 is 23.0 Å². The Morgan fingerprint density at radius 1 is 0.273 bits per heavy atom. The first-order valence-corrected chi connectivity index (χ1v) is 42.0. The molecule has 4 heterocycles. The van der Waals surface area contributed by atoms with E-state index in [4.69, 9.17) is 0 Å². The molecule has 21 rings (SSSR count). The molecule has 2 aliphatic heterocycles. The third-order valence-corrected chi connectivity index (χ3v) is 24.5. The molecule has 582 valence electrons. The van der Waals surface area contributed by atoms with Gasteiger partial charge in [-0.2, -0.15) is 0 Å². The topological polar surface area (TPSA) is 22.8 Å². The molecule has 17 aromatic carbocycles. The quantitative estimate of drug-likeness (QED) is 0.101. The second-order valence-electron chi connectivity index (χ2n) is 35.2. The van der Waals surface area contributed by atoms with E-state index in [1.54, 1.807) is 0 Å². The van der Waals surface area contributed by atoms with Crippen molar-refractivity contribution in [3.8, 4) is 55.9 Å². The van der Waals surface area contributed by atoms with E-state index in [1.807, 2.05) is 102 Å². The minimum Gasteiger partial charge on any atom is -0.310 e. The van der Waals surface area contributed by atoms with Crippen LogP contribution in [0.3, 0.4) is 0 Å². The molecule has 2 aromatic heterocycles. The van der Waals surface area contributed by atoms with Crippen molar-refractivity contribution < 1.29 is 8.22 Å². The van der Waals surface area contributed by atoms with E-state index in [9.17, 15) is 8.22 Å². The van der Waals surface area contributed by atoms with Crippen molar-refractivity contribution in [3.63, 3.8) is 0 Å². The van der Waals surface area contributed by atoms with Crippen LogP contribution >= 0.6 is 0 Å². The van der Waals surface area contributed by atoms with E-state index in [1.165, 1.54) is 0 Å². The smallest absolute Gasteiger partial charge is 0.252 e. The van der Waals surface area contributed by atoms with Crippen molar-refractivity contribution in [1.29, 1.82) is 0 Å². The molecule has 0 N–H and O–H groups in total.